The van der Waals surface area contributed by atoms with E-state index in [-0.39, 0.29) is 22.2 Å². The molecule has 1 fully saturated rings. The van der Waals surface area contributed by atoms with E-state index in [4.69, 9.17) is 9.47 Å². The van der Waals surface area contributed by atoms with E-state index in [0.717, 1.165) is 11.3 Å². The molecule has 33 heavy (non-hydrogen) atoms. The number of thiazole rings is 1. The normalized spacial score (nSPS) is 14.4. The van der Waals surface area contributed by atoms with Crippen molar-refractivity contribution in [3.63, 3.8) is 0 Å². The molecule has 176 valence electrons. The second-order valence-corrected chi connectivity index (χ2v) is 10.4. The maximum atomic E-state index is 13.2. The number of hydrogen-bond acceptors (Lipinski definition) is 7. The summed E-state index contributed by atoms with van der Waals surface area (Å²) in [4.78, 5) is 26.6. The fourth-order valence-electron chi connectivity index (χ4n) is 3.62. The molecule has 1 aliphatic heterocycles. The predicted octanol–water partition coefficient (Wildman–Crippen LogP) is 2.15. The minimum absolute atomic E-state index is 0.0688. The molecule has 0 aliphatic carbocycles. The first-order chi connectivity index (χ1) is 15.8. The number of aromatic nitrogens is 1. The highest BCUT2D eigenvalue weighted by Crippen LogP contribution is 2.27. The summed E-state index contributed by atoms with van der Waals surface area (Å²) in [6.07, 6.45) is 0. The molecule has 0 atom stereocenters. The number of rotatable bonds is 7. The third kappa shape index (κ3) is 4.75. The molecule has 0 bridgehead atoms. The first-order valence-corrected chi connectivity index (χ1v) is 12.8. The largest absolute Gasteiger partial charge is 0.494 e. The summed E-state index contributed by atoms with van der Waals surface area (Å²) in [7, 11) is -2.38. The highest BCUT2D eigenvalue weighted by Gasteiger charge is 2.24. The van der Waals surface area contributed by atoms with Gasteiger partial charge in [-0.2, -0.15) is 0 Å². The van der Waals surface area contributed by atoms with Crippen LogP contribution in [0.1, 0.15) is 6.92 Å². The molecular formula is C22H25N3O6S2. The van der Waals surface area contributed by atoms with Crippen molar-refractivity contribution in [2.75, 3.05) is 44.3 Å². The Balaban J connectivity index is 1.59. The summed E-state index contributed by atoms with van der Waals surface area (Å²) in [5.74, 6) is 0.498. The van der Waals surface area contributed by atoms with Crippen LogP contribution in [0.25, 0.3) is 10.2 Å². The Labute approximate surface area is 195 Å². The van der Waals surface area contributed by atoms with Crippen molar-refractivity contribution in [1.29, 1.82) is 0 Å². The van der Waals surface area contributed by atoms with Crippen LogP contribution < -0.4 is 13.9 Å². The molecule has 3 aromatic rings. The number of fused-ring (bicyclic) bond motifs is 1. The van der Waals surface area contributed by atoms with E-state index in [2.05, 4.69) is 0 Å². The van der Waals surface area contributed by atoms with Gasteiger partial charge in [0.05, 0.1) is 40.6 Å². The number of ether oxygens (including phenoxy) is 2. The monoisotopic (exact) mass is 491 g/mol. The topological polar surface area (TPSA) is 98.2 Å². The van der Waals surface area contributed by atoms with Crippen LogP contribution in [0.5, 0.6) is 5.75 Å². The molecule has 2 heterocycles. The maximum Gasteiger partial charge on any atom is 0.308 e. The lowest BCUT2D eigenvalue weighted by molar-refractivity contribution is -0.135. The second kappa shape index (κ2) is 9.54. The molecule has 0 spiro atoms. The molecule has 9 nitrogen and oxygen atoms in total. The molecule has 0 unspecified atom stereocenters. The third-order valence-corrected chi connectivity index (χ3v) is 8.19. The highest BCUT2D eigenvalue weighted by atomic mass is 32.2. The molecular weight excluding hydrogens is 466 g/mol. The predicted molar refractivity (Wildman–Crippen MR) is 127 cm³/mol. The SMILES string of the molecule is CCOc1ccc(N(C)S(=O)(=O)c2ccc3c(c2)sc(=O)n3CC(=O)N2CCOCC2)cc1. The average molecular weight is 492 g/mol. The van der Waals surface area contributed by atoms with E-state index in [1.54, 1.807) is 35.2 Å². The number of sulfonamides is 1. The number of carbonyl (C=O) groups excluding carboxylic acids is 1. The van der Waals surface area contributed by atoms with Crippen molar-refractivity contribution in [2.24, 2.45) is 0 Å². The van der Waals surface area contributed by atoms with E-state index in [0.29, 0.717) is 54.6 Å². The van der Waals surface area contributed by atoms with E-state index >= 15 is 0 Å². The number of carbonyl (C=O) groups is 1. The van der Waals surface area contributed by atoms with Crippen molar-refractivity contribution < 1.29 is 22.7 Å². The van der Waals surface area contributed by atoms with Gasteiger partial charge in [0, 0.05) is 20.1 Å². The van der Waals surface area contributed by atoms with Crippen LogP contribution in [-0.2, 0) is 26.1 Å². The minimum Gasteiger partial charge on any atom is -0.494 e. The van der Waals surface area contributed by atoms with Crippen LogP contribution in [0.4, 0.5) is 5.69 Å². The molecule has 1 saturated heterocycles. The van der Waals surface area contributed by atoms with Gasteiger partial charge in [-0.05, 0) is 49.4 Å². The van der Waals surface area contributed by atoms with Crippen LogP contribution in [0.2, 0.25) is 0 Å². The summed E-state index contributed by atoms with van der Waals surface area (Å²) in [5.41, 5.74) is 1.02. The fraction of sp³-hybridized carbons (Fsp3) is 0.364. The zero-order chi connectivity index (χ0) is 23.6. The highest BCUT2D eigenvalue weighted by molar-refractivity contribution is 7.92. The Morgan fingerprint density at radius 2 is 1.85 bits per heavy atom. The lowest BCUT2D eigenvalue weighted by Gasteiger charge is -2.26. The Kier molecular flexibility index (Phi) is 6.73. The summed E-state index contributed by atoms with van der Waals surface area (Å²) < 4.78 is 40.2. The first-order valence-electron chi connectivity index (χ1n) is 10.5. The van der Waals surface area contributed by atoms with Gasteiger partial charge in [-0.3, -0.25) is 18.5 Å². The molecule has 1 aromatic heterocycles. The molecule has 1 aliphatic rings. The number of anilines is 1. The van der Waals surface area contributed by atoms with E-state index < -0.39 is 10.0 Å². The van der Waals surface area contributed by atoms with Crippen LogP contribution in [0.15, 0.2) is 52.2 Å². The molecule has 1 amide bonds. The van der Waals surface area contributed by atoms with Crippen LogP contribution in [0, 0.1) is 0 Å². The zero-order valence-corrected chi connectivity index (χ0v) is 20.0. The fourth-order valence-corrected chi connectivity index (χ4v) is 5.85. The number of morpholine rings is 1. The van der Waals surface area contributed by atoms with E-state index in [1.807, 2.05) is 6.92 Å². The Bertz CT molecular complexity index is 1310. The van der Waals surface area contributed by atoms with Crippen molar-refractivity contribution in [3.05, 3.63) is 52.1 Å². The number of benzene rings is 2. The molecule has 0 radical (unpaired) electrons. The number of amides is 1. The Morgan fingerprint density at radius 3 is 2.52 bits per heavy atom. The Morgan fingerprint density at radius 1 is 1.15 bits per heavy atom. The van der Waals surface area contributed by atoms with Crippen molar-refractivity contribution in [3.8, 4) is 5.75 Å². The van der Waals surface area contributed by atoms with Crippen molar-refractivity contribution in [1.82, 2.24) is 9.47 Å². The molecule has 0 N–H and O–H groups in total. The molecule has 2 aromatic carbocycles. The standard InChI is InChI=1S/C22H25N3O6S2/c1-3-31-17-6-4-16(5-7-17)23(2)33(28,29)18-8-9-19-20(14-18)32-22(27)25(19)15-21(26)24-10-12-30-13-11-24/h4-9,14H,3,10-13,15H2,1-2H3. The maximum absolute atomic E-state index is 13.2. The first kappa shape index (κ1) is 23.3. The number of hydrogen-bond donors (Lipinski definition) is 0. The quantitative estimate of drug-likeness (QED) is 0.502. The van der Waals surface area contributed by atoms with Gasteiger partial charge in [0.15, 0.2) is 0 Å². The molecule has 11 heteroatoms. The van der Waals surface area contributed by atoms with Gasteiger partial charge >= 0.3 is 4.87 Å². The van der Waals surface area contributed by atoms with Gasteiger partial charge in [-0.1, -0.05) is 11.3 Å². The smallest absolute Gasteiger partial charge is 0.308 e. The van der Waals surface area contributed by atoms with Gasteiger partial charge in [0.1, 0.15) is 12.3 Å². The van der Waals surface area contributed by atoms with Gasteiger partial charge in [0.2, 0.25) is 5.91 Å². The van der Waals surface area contributed by atoms with E-state index in [1.165, 1.54) is 28.1 Å². The molecule has 4 rings (SSSR count). The van der Waals surface area contributed by atoms with Gasteiger partial charge < -0.3 is 14.4 Å². The van der Waals surface area contributed by atoms with Gasteiger partial charge in [0.25, 0.3) is 10.0 Å². The Hall–Kier alpha value is -2.89. The van der Waals surface area contributed by atoms with Crippen LogP contribution in [0.3, 0.4) is 0 Å². The van der Waals surface area contributed by atoms with Gasteiger partial charge in [-0.15, -0.1) is 0 Å². The zero-order valence-electron chi connectivity index (χ0n) is 18.4. The lowest BCUT2D eigenvalue weighted by Crippen LogP contribution is -2.43. The minimum atomic E-state index is -3.85. The number of nitrogens with zero attached hydrogens (tertiary/aromatic N) is 3. The van der Waals surface area contributed by atoms with Crippen molar-refractivity contribution >= 4 is 43.2 Å². The average Bonchev–Trinajstić information content (AvgIpc) is 3.14. The van der Waals surface area contributed by atoms with Crippen LogP contribution in [-0.4, -0.2) is 63.7 Å². The van der Waals surface area contributed by atoms with Crippen molar-refractivity contribution in [2.45, 2.75) is 18.4 Å². The summed E-state index contributed by atoms with van der Waals surface area (Å²) in [5, 5.41) is 0. The molecule has 0 saturated carbocycles. The summed E-state index contributed by atoms with van der Waals surface area (Å²) in [6, 6.07) is 11.3. The van der Waals surface area contributed by atoms with Gasteiger partial charge in [-0.25, -0.2) is 8.42 Å². The van der Waals surface area contributed by atoms with Crippen LogP contribution >= 0.6 is 11.3 Å². The van der Waals surface area contributed by atoms with E-state index in [9.17, 15) is 18.0 Å². The third-order valence-electron chi connectivity index (χ3n) is 5.47. The second-order valence-electron chi connectivity index (χ2n) is 7.48. The summed E-state index contributed by atoms with van der Waals surface area (Å²) in [6.45, 7) is 4.26. The summed E-state index contributed by atoms with van der Waals surface area (Å²) >= 11 is 0.925. The lowest BCUT2D eigenvalue weighted by atomic mass is 10.3.